The molecule has 1 fully saturated rings. The number of likely N-dealkylation sites (tertiary alicyclic amines) is 1. The van der Waals surface area contributed by atoms with Gasteiger partial charge in [0.1, 0.15) is 6.17 Å². The predicted octanol–water partition coefficient (Wildman–Crippen LogP) is 0.800. The summed E-state index contributed by atoms with van der Waals surface area (Å²) in [7, 11) is 0. The molecule has 0 unspecified atom stereocenters. The lowest BCUT2D eigenvalue weighted by Gasteiger charge is -2.26. The number of hydrogen-bond acceptors (Lipinski definition) is 2. The molecule has 66 valence electrons. The molecule has 2 nitrogen and oxygen atoms in total. The Balaban J connectivity index is 2.50. The highest BCUT2D eigenvalue weighted by Gasteiger charge is 2.32. The first-order valence-corrected chi connectivity index (χ1v) is 4.15. The second-order valence-corrected chi connectivity index (χ2v) is 3.46. The molecule has 1 N–H and O–H groups in total. The Morgan fingerprint density at radius 1 is 1.64 bits per heavy atom. The zero-order valence-corrected chi connectivity index (χ0v) is 7.13. The minimum absolute atomic E-state index is 0.0463. The maximum atomic E-state index is 12.8. The van der Waals surface area contributed by atoms with Crippen molar-refractivity contribution in [1.82, 2.24) is 4.90 Å². The van der Waals surface area contributed by atoms with Crippen LogP contribution in [0.5, 0.6) is 0 Å². The molecule has 11 heavy (non-hydrogen) atoms. The van der Waals surface area contributed by atoms with Crippen molar-refractivity contribution in [2.45, 2.75) is 38.5 Å². The number of rotatable bonds is 2. The van der Waals surface area contributed by atoms with E-state index in [4.69, 9.17) is 5.11 Å². The van der Waals surface area contributed by atoms with Gasteiger partial charge in [0.2, 0.25) is 0 Å². The van der Waals surface area contributed by atoms with Crippen LogP contribution in [0.1, 0.15) is 20.3 Å². The third kappa shape index (κ3) is 1.91. The average molecular weight is 161 g/mol. The van der Waals surface area contributed by atoms with E-state index in [9.17, 15) is 4.39 Å². The van der Waals surface area contributed by atoms with Crippen LogP contribution in [-0.2, 0) is 0 Å². The van der Waals surface area contributed by atoms with Gasteiger partial charge in [-0.15, -0.1) is 0 Å². The van der Waals surface area contributed by atoms with Gasteiger partial charge in [-0.05, 0) is 20.3 Å². The largest absolute Gasteiger partial charge is 0.395 e. The standard InChI is InChI=1S/C8H16FNO/c1-6(2)10-4-7(9)3-8(10)5-11/h6-8,11H,3-5H2,1-2H3/t7-,8-/m0/s1. The first kappa shape index (κ1) is 8.94. The first-order valence-electron chi connectivity index (χ1n) is 4.15. The molecule has 2 atom stereocenters. The van der Waals surface area contributed by atoms with E-state index in [1.54, 1.807) is 0 Å². The highest BCUT2D eigenvalue weighted by atomic mass is 19.1. The third-order valence-corrected chi connectivity index (χ3v) is 2.28. The smallest absolute Gasteiger partial charge is 0.114 e. The van der Waals surface area contributed by atoms with Crippen LogP contribution in [0.4, 0.5) is 4.39 Å². The highest BCUT2D eigenvalue weighted by Crippen LogP contribution is 2.21. The summed E-state index contributed by atoms with van der Waals surface area (Å²) in [6.07, 6.45) is -0.246. The van der Waals surface area contributed by atoms with Crippen LogP contribution in [0, 0.1) is 0 Å². The van der Waals surface area contributed by atoms with E-state index in [0.29, 0.717) is 19.0 Å². The monoisotopic (exact) mass is 161 g/mol. The van der Waals surface area contributed by atoms with Gasteiger partial charge in [-0.3, -0.25) is 4.90 Å². The minimum atomic E-state index is -0.741. The minimum Gasteiger partial charge on any atom is -0.395 e. The van der Waals surface area contributed by atoms with Gasteiger partial charge in [0.25, 0.3) is 0 Å². The summed E-state index contributed by atoms with van der Waals surface area (Å²) in [5.41, 5.74) is 0. The maximum absolute atomic E-state index is 12.8. The van der Waals surface area contributed by atoms with Crippen molar-refractivity contribution in [3.63, 3.8) is 0 Å². The van der Waals surface area contributed by atoms with Gasteiger partial charge < -0.3 is 5.11 Å². The molecule has 1 aliphatic heterocycles. The molecule has 1 rings (SSSR count). The molecule has 3 heteroatoms. The van der Waals surface area contributed by atoms with Gasteiger partial charge in [0.15, 0.2) is 0 Å². The van der Waals surface area contributed by atoms with Crippen molar-refractivity contribution in [1.29, 1.82) is 0 Å². The lowest BCUT2D eigenvalue weighted by molar-refractivity contribution is 0.132. The molecule has 0 saturated carbocycles. The van der Waals surface area contributed by atoms with Crippen LogP contribution in [0.3, 0.4) is 0 Å². The Bertz CT molecular complexity index is 129. The summed E-state index contributed by atoms with van der Waals surface area (Å²) in [5, 5.41) is 8.89. The number of nitrogens with zero attached hydrogens (tertiary/aromatic N) is 1. The molecule has 0 aliphatic carbocycles. The summed E-state index contributed by atoms with van der Waals surface area (Å²) in [6.45, 7) is 4.63. The van der Waals surface area contributed by atoms with Gasteiger partial charge >= 0.3 is 0 Å². The van der Waals surface area contributed by atoms with E-state index in [1.807, 2.05) is 18.7 Å². The van der Waals surface area contributed by atoms with Crippen LogP contribution in [0.25, 0.3) is 0 Å². The summed E-state index contributed by atoms with van der Waals surface area (Å²) >= 11 is 0. The van der Waals surface area contributed by atoms with Gasteiger partial charge in [-0.2, -0.15) is 0 Å². The molecule has 0 aromatic carbocycles. The molecular formula is C8H16FNO. The Morgan fingerprint density at radius 3 is 2.64 bits per heavy atom. The van der Waals surface area contributed by atoms with Crippen molar-refractivity contribution in [2.75, 3.05) is 13.2 Å². The van der Waals surface area contributed by atoms with Gasteiger partial charge in [0, 0.05) is 18.6 Å². The SMILES string of the molecule is CC(C)N1C[C@@H](F)C[C@H]1CO. The van der Waals surface area contributed by atoms with Crippen LogP contribution in [0.15, 0.2) is 0 Å². The lowest BCUT2D eigenvalue weighted by Crippen LogP contribution is -2.37. The van der Waals surface area contributed by atoms with Crippen molar-refractivity contribution in [2.24, 2.45) is 0 Å². The van der Waals surface area contributed by atoms with Gasteiger partial charge in [-0.25, -0.2) is 4.39 Å². The predicted molar refractivity (Wildman–Crippen MR) is 42.2 cm³/mol. The molecule has 0 amide bonds. The summed E-state index contributed by atoms with van der Waals surface area (Å²) in [6, 6.07) is 0.387. The number of aliphatic hydroxyl groups excluding tert-OH is 1. The van der Waals surface area contributed by atoms with E-state index >= 15 is 0 Å². The fourth-order valence-corrected chi connectivity index (χ4v) is 1.69. The number of hydrogen-bond donors (Lipinski definition) is 1. The molecule has 1 aliphatic rings. The van der Waals surface area contributed by atoms with Crippen LogP contribution in [-0.4, -0.2) is 41.4 Å². The fraction of sp³-hybridized carbons (Fsp3) is 1.00. The Hall–Kier alpha value is -0.150. The van der Waals surface area contributed by atoms with Gasteiger partial charge in [0.05, 0.1) is 6.61 Å². The molecule has 1 saturated heterocycles. The average Bonchev–Trinajstić information content (AvgIpc) is 2.30. The quantitative estimate of drug-likeness (QED) is 0.647. The molecular weight excluding hydrogens is 145 g/mol. The number of aliphatic hydroxyl groups is 1. The third-order valence-electron chi connectivity index (χ3n) is 2.28. The van der Waals surface area contributed by atoms with Crippen molar-refractivity contribution in [3.8, 4) is 0 Å². The van der Waals surface area contributed by atoms with Gasteiger partial charge in [-0.1, -0.05) is 0 Å². The highest BCUT2D eigenvalue weighted by molar-refractivity contribution is 4.86. The zero-order valence-electron chi connectivity index (χ0n) is 7.13. The lowest BCUT2D eigenvalue weighted by atomic mass is 10.2. The Kier molecular flexibility index (Phi) is 2.84. The fourth-order valence-electron chi connectivity index (χ4n) is 1.69. The summed E-state index contributed by atoms with van der Waals surface area (Å²) in [5.74, 6) is 0. The van der Waals surface area contributed by atoms with Crippen LogP contribution >= 0.6 is 0 Å². The first-order chi connectivity index (χ1) is 5.15. The second kappa shape index (κ2) is 3.50. The van der Waals surface area contributed by atoms with Crippen molar-refractivity contribution >= 4 is 0 Å². The van der Waals surface area contributed by atoms with Crippen molar-refractivity contribution in [3.05, 3.63) is 0 Å². The van der Waals surface area contributed by atoms with E-state index in [1.165, 1.54) is 0 Å². The molecule has 0 radical (unpaired) electrons. The number of alkyl halides is 1. The van der Waals surface area contributed by atoms with Crippen LogP contribution < -0.4 is 0 Å². The molecule has 0 aromatic heterocycles. The Morgan fingerprint density at radius 2 is 2.27 bits per heavy atom. The summed E-state index contributed by atoms with van der Waals surface area (Å²) in [4.78, 5) is 2.02. The number of halogens is 1. The van der Waals surface area contributed by atoms with Crippen molar-refractivity contribution < 1.29 is 9.50 Å². The van der Waals surface area contributed by atoms with E-state index < -0.39 is 6.17 Å². The van der Waals surface area contributed by atoms with E-state index in [2.05, 4.69) is 0 Å². The van der Waals surface area contributed by atoms with E-state index in [0.717, 1.165) is 0 Å². The second-order valence-electron chi connectivity index (χ2n) is 3.46. The zero-order chi connectivity index (χ0) is 8.43. The normalized spacial score (nSPS) is 33.5. The molecule has 0 aromatic rings. The maximum Gasteiger partial charge on any atom is 0.114 e. The molecule has 0 spiro atoms. The molecule has 0 bridgehead atoms. The Labute approximate surface area is 67.0 Å². The van der Waals surface area contributed by atoms with E-state index in [-0.39, 0.29) is 12.6 Å². The summed E-state index contributed by atoms with van der Waals surface area (Å²) < 4.78 is 12.8. The topological polar surface area (TPSA) is 23.5 Å². The van der Waals surface area contributed by atoms with Crippen LogP contribution in [0.2, 0.25) is 0 Å². The molecule has 1 heterocycles.